The fourth-order valence-corrected chi connectivity index (χ4v) is 4.48. The molecule has 0 N–H and O–H groups in total. The maximum atomic E-state index is 13.1. The summed E-state index contributed by atoms with van der Waals surface area (Å²) in [6, 6.07) is 7.97. The topological polar surface area (TPSA) is 54.3 Å². The van der Waals surface area contributed by atoms with E-state index in [2.05, 4.69) is 25.9 Å². The molecule has 0 saturated carbocycles. The molecule has 3 rings (SSSR count). The molecule has 0 spiro atoms. The molecule has 0 atom stereocenters. The van der Waals surface area contributed by atoms with Gasteiger partial charge in [0.2, 0.25) is 0 Å². The van der Waals surface area contributed by atoms with Gasteiger partial charge in [-0.1, -0.05) is 27.3 Å². The number of anilines is 1. The Kier molecular flexibility index (Phi) is 6.29. The van der Waals surface area contributed by atoms with Crippen molar-refractivity contribution in [3.63, 3.8) is 0 Å². The van der Waals surface area contributed by atoms with Gasteiger partial charge in [-0.2, -0.15) is 5.10 Å². The number of nitrogens with zero attached hydrogens (tertiary/aromatic N) is 5. The van der Waals surface area contributed by atoms with Crippen LogP contribution in [0.5, 0.6) is 0 Å². The van der Waals surface area contributed by atoms with Gasteiger partial charge in [-0.05, 0) is 65.2 Å². The van der Waals surface area contributed by atoms with Gasteiger partial charge >= 0.3 is 0 Å². The minimum absolute atomic E-state index is 0.0121. The highest BCUT2D eigenvalue weighted by atomic mass is 79.9. The zero-order valence-electron chi connectivity index (χ0n) is 16.1. The van der Waals surface area contributed by atoms with Gasteiger partial charge < -0.3 is 4.90 Å². The Morgan fingerprint density at radius 3 is 2.67 bits per heavy atom. The molecule has 1 aromatic carbocycles. The molecule has 2 heterocycles. The van der Waals surface area contributed by atoms with Crippen LogP contribution in [0.2, 0.25) is 0 Å². The Morgan fingerprint density at radius 1 is 1.22 bits per heavy atom. The summed E-state index contributed by atoms with van der Waals surface area (Å²) in [5.41, 5.74) is 2.82. The van der Waals surface area contributed by atoms with E-state index in [1.807, 2.05) is 52.2 Å². The Morgan fingerprint density at radius 2 is 2.00 bits per heavy atom. The van der Waals surface area contributed by atoms with Gasteiger partial charge in [0.1, 0.15) is 6.54 Å². The van der Waals surface area contributed by atoms with Crippen molar-refractivity contribution in [2.24, 2.45) is 0 Å². The van der Waals surface area contributed by atoms with Crippen LogP contribution in [-0.4, -0.2) is 52.8 Å². The van der Waals surface area contributed by atoms with Gasteiger partial charge in [-0.15, -0.1) is 0 Å². The van der Waals surface area contributed by atoms with Crippen molar-refractivity contribution in [1.82, 2.24) is 19.7 Å². The highest BCUT2D eigenvalue weighted by Crippen LogP contribution is 2.31. The molecule has 144 valence electrons. The number of aryl methyl sites for hydroxylation is 2. The van der Waals surface area contributed by atoms with Crippen molar-refractivity contribution in [3.8, 4) is 0 Å². The summed E-state index contributed by atoms with van der Waals surface area (Å²) in [5.74, 6) is 0.0121. The Bertz CT molecular complexity index is 949. The van der Waals surface area contributed by atoms with Gasteiger partial charge in [-0.3, -0.25) is 14.4 Å². The second-order valence-electron chi connectivity index (χ2n) is 6.90. The van der Waals surface area contributed by atoms with E-state index in [4.69, 9.17) is 4.98 Å². The summed E-state index contributed by atoms with van der Waals surface area (Å²) in [4.78, 5) is 21.7. The average molecular weight is 450 g/mol. The molecule has 8 heteroatoms. The smallest absolute Gasteiger partial charge is 0.250 e. The largest absolute Gasteiger partial charge is 0.309 e. The lowest BCUT2D eigenvalue weighted by Gasteiger charge is -2.21. The van der Waals surface area contributed by atoms with Crippen LogP contribution >= 0.6 is 27.3 Å². The number of benzene rings is 1. The first-order chi connectivity index (χ1) is 12.8. The van der Waals surface area contributed by atoms with Crippen LogP contribution in [0.25, 0.3) is 10.2 Å². The van der Waals surface area contributed by atoms with E-state index >= 15 is 0 Å². The maximum Gasteiger partial charge on any atom is 0.250 e. The minimum Gasteiger partial charge on any atom is -0.309 e. The first-order valence-corrected chi connectivity index (χ1v) is 10.5. The lowest BCUT2D eigenvalue weighted by molar-refractivity contribution is -0.119. The summed E-state index contributed by atoms with van der Waals surface area (Å²) < 4.78 is 3.84. The number of rotatable bonds is 7. The van der Waals surface area contributed by atoms with Crippen LogP contribution in [0.1, 0.15) is 17.8 Å². The van der Waals surface area contributed by atoms with Crippen LogP contribution in [0.15, 0.2) is 28.7 Å². The van der Waals surface area contributed by atoms with E-state index in [1.165, 1.54) is 0 Å². The molecule has 0 bridgehead atoms. The summed E-state index contributed by atoms with van der Waals surface area (Å²) in [5, 5.41) is 5.17. The number of aromatic nitrogens is 3. The lowest BCUT2D eigenvalue weighted by atomic mass is 10.3. The van der Waals surface area contributed by atoms with E-state index < -0.39 is 0 Å². The number of carbonyl (C=O) groups is 1. The van der Waals surface area contributed by atoms with Crippen LogP contribution in [-0.2, 0) is 11.3 Å². The normalized spacial score (nSPS) is 11.5. The number of hydrogen-bond acceptors (Lipinski definition) is 5. The molecule has 0 radical (unpaired) electrons. The predicted molar refractivity (Wildman–Crippen MR) is 115 cm³/mol. The molecule has 0 aliphatic heterocycles. The van der Waals surface area contributed by atoms with E-state index in [9.17, 15) is 4.79 Å². The SMILES string of the molecule is Cc1cc(C)n(CC(=O)N(CCCN(C)C)c2nc3ccc(Br)cc3s2)n1. The summed E-state index contributed by atoms with van der Waals surface area (Å²) in [7, 11) is 4.08. The molecule has 0 aliphatic rings. The first-order valence-electron chi connectivity index (χ1n) is 8.86. The zero-order chi connectivity index (χ0) is 19.6. The van der Waals surface area contributed by atoms with E-state index in [-0.39, 0.29) is 12.5 Å². The van der Waals surface area contributed by atoms with Gasteiger partial charge in [-0.25, -0.2) is 4.98 Å². The van der Waals surface area contributed by atoms with Gasteiger partial charge in [0.05, 0.1) is 15.9 Å². The number of halogens is 1. The van der Waals surface area contributed by atoms with Crippen LogP contribution < -0.4 is 4.90 Å². The number of carbonyl (C=O) groups excluding carboxylic acids is 1. The first kappa shape index (κ1) is 20.0. The second-order valence-corrected chi connectivity index (χ2v) is 8.82. The van der Waals surface area contributed by atoms with Crippen LogP contribution in [0, 0.1) is 13.8 Å². The molecule has 0 fully saturated rings. The van der Waals surface area contributed by atoms with Crippen molar-refractivity contribution in [1.29, 1.82) is 0 Å². The number of thiazole rings is 1. The zero-order valence-corrected chi connectivity index (χ0v) is 18.5. The molecule has 6 nitrogen and oxygen atoms in total. The molecule has 0 aliphatic carbocycles. The Hall–Kier alpha value is -1.77. The highest BCUT2D eigenvalue weighted by Gasteiger charge is 2.21. The fraction of sp³-hybridized carbons (Fsp3) is 0.421. The third kappa shape index (κ3) is 4.94. The predicted octanol–water partition coefficient (Wildman–Crippen LogP) is 3.86. The molecule has 3 aromatic rings. The van der Waals surface area contributed by atoms with Crippen molar-refractivity contribution in [2.75, 3.05) is 32.1 Å². The molecule has 0 unspecified atom stereocenters. The summed E-state index contributed by atoms with van der Waals surface area (Å²) in [6.45, 7) is 5.69. The molecule has 0 saturated heterocycles. The molecule has 1 amide bonds. The summed E-state index contributed by atoms with van der Waals surface area (Å²) >= 11 is 5.05. The van der Waals surface area contributed by atoms with Gasteiger partial charge in [0.15, 0.2) is 5.13 Å². The minimum atomic E-state index is 0.0121. The Labute approximate surface area is 171 Å². The van der Waals surface area contributed by atoms with E-state index in [0.717, 1.165) is 44.2 Å². The third-order valence-electron chi connectivity index (χ3n) is 4.25. The van der Waals surface area contributed by atoms with Gasteiger partial charge in [0.25, 0.3) is 5.91 Å². The molecule has 2 aromatic heterocycles. The second kappa shape index (κ2) is 8.50. The standard InChI is InChI=1S/C19H24BrN5OS/c1-13-10-14(2)25(22-13)12-18(26)24(9-5-8-23(3)4)19-21-16-7-6-15(20)11-17(16)27-19/h6-7,10-11H,5,8-9,12H2,1-4H3. The van der Waals surface area contributed by atoms with Crippen molar-refractivity contribution < 1.29 is 4.79 Å². The highest BCUT2D eigenvalue weighted by molar-refractivity contribution is 9.10. The van der Waals surface area contributed by atoms with Gasteiger partial charge in [0, 0.05) is 16.7 Å². The molecular formula is C19H24BrN5OS. The maximum absolute atomic E-state index is 13.1. The van der Waals surface area contributed by atoms with Crippen molar-refractivity contribution in [3.05, 3.63) is 40.1 Å². The van der Waals surface area contributed by atoms with Crippen LogP contribution in [0.4, 0.5) is 5.13 Å². The van der Waals surface area contributed by atoms with Crippen LogP contribution in [0.3, 0.4) is 0 Å². The molecular weight excluding hydrogens is 426 g/mol. The van der Waals surface area contributed by atoms with Crippen molar-refractivity contribution >= 4 is 48.5 Å². The Balaban J connectivity index is 1.86. The lowest BCUT2D eigenvalue weighted by Crippen LogP contribution is -2.36. The quantitative estimate of drug-likeness (QED) is 0.549. The van der Waals surface area contributed by atoms with E-state index in [1.54, 1.807) is 20.9 Å². The third-order valence-corrected chi connectivity index (χ3v) is 5.78. The summed E-state index contributed by atoms with van der Waals surface area (Å²) in [6.07, 6.45) is 0.884. The fourth-order valence-electron chi connectivity index (χ4n) is 2.92. The number of fused-ring (bicyclic) bond motifs is 1. The van der Waals surface area contributed by atoms with Crippen molar-refractivity contribution in [2.45, 2.75) is 26.8 Å². The average Bonchev–Trinajstić information content (AvgIpc) is 3.13. The number of amides is 1. The monoisotopic (exact) mass is 449 g/mol. The number of hydrogen-bond donors (Lipinski definition) is 0. The molecule has 27 heavy (non-hydrogen) atoms. The van der Waals surface area contributed by atoms with E-state index in [0.29, 0.717) is 6.54 Å².